The van der Waals surface area contributed by atoms with E-state index in [0.717, 1.165) is 63.1 Å². The summed E-state index contributed by atoms with van der Waals surface area (Å²) in [5.74, 6) is 0.0755. The van der Waals surface area contributed by atoms with Gasteiger partial charge in [-0.2, -0.15) is 5.10 Å². The van der Waals surface area contributed by atoms with Gasteiger partial charge in [0.2, 0.25) is 11.8 Å². The first kappa shape index (κ1) is 21.8. The quantitative estimate of drug-likeness (QED) is 0.734. The van der Waals surface area contributed by atoms with Crippen molar-refractivity contribution in [3.63, 3.8) is 0 Å². The molecule has 8 heteroatoms. The van der Waals surface area contributed by atoms with E-state index in [4.69, 9.17) is 0 Å². The lowest BCUT2D eigenvalue weighted by molar-refractivity contribution is -0.137. The van der Waals surface area contributed by atoms with Crippen molar-refractivity contribution in [2.45, 2.75) is 70.8 Å². The molecule has 3 aliphatic heterocycles. The minimum atomic E-state index is -0.0119. The summed E-state index contributed by atoms with van der Waals surface area (Å²) in [5.41, 5.74) is 2.43. The van der Waals surface area contributed by atoms with Crippen LogP contribution in [0.15, 0.2) is 0 Å². The summed E-state index contributed by atoms with van der Waals surface area (Å²) < 4.78 is 1.80. The lowest BCUT2D eigenvalue weighted by atomic mass is 10.0. The molecule has 170 valence electrons. The van der Waals surface area contributed by atoms with Gasteiger partial charge < -0.3 is 14.7 Å². The highest BCUT2D eigenvalue weighted by Crippen LogP contribution is 2.25. The lowest BCUT2D eigenvalue weighted by Gasteiger charge is -2.29. The molecule has 4 heterocycles. The fourth-order valence-corrected chi connectivity index (χ4v) is 5.07. The van der Waals surface area contributed by atoms with Crippen LogP contribution in [0, 0.1) is 0 Å². The first-order chi connectivity index (χ1) is 15.0. The number of nitrogens with zero attached hydrogens (tertiary/aromatic N) is 5. The third-order valence-electron chi connectivity index (χ3n) is 6.95. The van der Waals surface area contributed by atoms with Crippen LogP contribution < -0.4 is 0 Å². The largest absolute Gasteiger partial charge is 0.343 e. The SMILES string of the molecule is Cn1nc(C(=O)N2CCCCC2)c2c1CCN(C(=O)CCC(=O)N1CCCCCC1)C2. The van der Waals surface area contributed by atoms with Gasteiger partial charge in [-0.25, -0.2) is 0 Å². The zero-order valence-electron chi connectivity index (χ0n) is 18.8. The van der Waals surface area contributed by atoms with Gasteiger partial charge in [0.15, 0.2) is 5.69 Å². The fraction of sp³-hybridized carbons (Fsp3) is 0.739. The molecule has 0 aliphatic carbocycles. The van der Waals surface area contributed by atoms with E-state index in [-0.39, 0.29) is 30.6 Å². The molecule has 4 rings (SSSR count). The Bertz CT molecular complexity index is 819. The predicted octanol–water partition coefficient (Wildman–Crippen LogP) is 2.11. The minimum Gasteiger partial charge on any atom is -0.343 e. The van der Waals surface area contributed by atoms with Gasteiger partial charge in [-0.15, -0.1) is 0 Å². The van der Waals surface area contributed by atoms with Crippen LogP contribution in [-0.2, 0) is 29.6 Å². The van der Waals surface area contributed by atoms with Crippen LogP contribution in [0.2, 0.25) is 0 Å². The summed E-state index contributed by atoms with van der Waals surface area (Å²) in [7, 11) is 1.88. The van der Waals surface area contributed by atoms with E-state index in [1.807, 2.05) is 16.8 Å². The predicted molar refractivity (Wildman–Crippen MR) is 116 cm³/mol. The molecule has 0 N–H and O–H groups in total. The summed E-state index contributed by atoms with van der Waals surface area (Å²) in [6.45, 7) is 4.22. The maximum Gasteiger partial charge on any atom is 0.274 e. The molecule has 2 saturated heterocycles. The molecule has 0 aromatic carbocycles. The van der Waals surface area contributed by atoms with Crippen molar-refractivity contribution in [3.05, 3.63) is 17.0 Å². The molecule has 8 nitrogen and oxygen atoms in total. The standard InChI is InChI=1S/C23H35N5O3/c1-25-19-11-16-28(21(30)10-9-20(29)26-12-5-2-3-6-13-26)17-18(19)22(24-25)23(31)27-14-7-4-8-15-27/h2-17H2,1H3. The Hall–Kier alpha value is -2.38. The third-order valence-corrected chi connectivity index (χ3v) is 6.95. The van der Waals surface area contributed by atoms with Crippen molar-refractivity contribution >= 4 is 17.7 Å². The van der Waals surface area contributed by atoms with Gasteiger partial charge in [-0.05, 0) is 32.1 Å². The normalized spacial score (nSPS) is 19.7. The van der Waals surface area contributed by atoms with Crippen molar-refractivity contribution in [1.29, 1.82) is 0 Å². The van der Waals surface area contributed by atoms with E-state index in [0.29, 0.717) is 25.2 Å². The van der Waals surface area contributed by atoms with Gasteiger partial charge in [0.1, 0.15) is 0 Å². The third kappa shape index (κ3) is 4.93. The summed E-state index contributed by atoms with van der Waals surface area (Å²) >= 11 is 0. The van der Waals surface area contributed by atoms with Crippen LogP contribution in [0.3, 0.4) is 0 Å². The molecular weight excluding hydrogens is 394 g/mol. The molecule has 0 atom stereocenters. The number of fused-ring (bicyclic) bond motifs is 1. The molecule has 0 spiro atoms. The molecule has 0 radical (unpaired) electrons. The Kier molecular flexibility index (Phi) is 6.92. The van der Waals surface area contributed by atoms with E-state index < -0.39 is 0 Å². The van der Waals surface area contributed by atoms with Crippen molar-refractivity contribution in [2.75, 3.05) is 32.7 Å². The molecule has 0 saturated carbocycles. The Morgan fingerprint density at radius 1 is 0.742 bits per heavy atom. The van der Waals surface area contributed by atoms with Crippen LogP contribution in [0.1, 0.15) is 79.5 Å². The Morgan fingerprint density at radius 2 is 1.29 bits per heavy atom. The highest BCUT2D eigenvalue weighted by Gasteiger charge is 2.31. The van der Waals surface area contributed by atoms with Crippen LogP contribution in [0.4, 0.5) is 0 Å². The van der Waals surface area contributed by atoms with Crippen LogP contribution in [-0.4, -0.2) is 74.9 Å². The molecule has 0 unspecified atom stereocenters. The van der Waals surface area contributed by atoms with Crippen molar-refractivity contribution in [1.82, 2.24) is 24.5 Å². The van der Waals surface area contributed by atoms with Crippen LogP contribution >= 0.6 is 0 Å². The molecule has 1 aromatic heterocycles. The molecule has 3 aliphatic rings. The van der Waals surface area contributed by atoms with Crippen molar-refractivity contribution < 1.29 is 14.4 Å². The second-order valence-electron chi connectivity index (χ2n) is 9.11. The summed E-state index contributed by atoms with van der Waals surface area (Å²) in [6, 6.07) is 0. The average Bonchev–Trinajstić information content (AvgIpc) is 2.97. The van der Waals surface area contributed by atoms with E-state index in [1.54, 1.807) is 9.58 Å². The van der Waals surface area contributed by atoms with E-state index in [2.05, 4.69) is 5.10 Å². The molecule has 0 bridgehead atoms. The molecular formula is C23H35N5O3. The molecule has 31 heavy (non-hydrogen) atoms. The van der Waals surface area contributed by atoms with Gasteiger partial charge in [-0.1, -0.05) is 12.8 Å². The zero-order valence-corrected chi connectivity index (χ0v) is 18.8. The summed E-state index contributed by atoms with van der Waals surface area (Å²) in [4.78, 5) is 44.1. The van der Waals surface area contributed by atoms with Gasteiger partial charge in [-0.3, -0.25) is 19.1 Å². The average molecular weight is 430 g/mol. The number of aryl methyl sites for hydroxylation is 1. The van der Waals surface area contributed by atoms with Crippen LogP contribution in [0.25, 0.3) is 0 Å². The Balaban J connectivity index is 1.38. The van der Waals surface area contributed by atoms with Crippen molar-refractivity contribution in [2.24, 2.45) is 7.05 Å². The maximum absolute atomic E-state index is 13.1. The summed E-state index contributed by atoms with van der Waals surface area (Å²) in [6.07, 6.45) is 8.93. The lowest BCUT2D eigenvalue weighted by Crippen LogP contribution is -2.39. The highest BCUT2D eigenvalue weighted by atomic mass is 16.2. The number of carbonyl (C=O) groups is 3. The summed E-state index contributed by atoms with van der Waals surface area (Å²) in [5, 5.41) is 4.53. The first-order valence-electron chi connectivity index (χ1n) is 11.9. The number of aromatic nitrogens is 2. The van der Waals surface area contributed by atoms with E-state index >= 15 is 0 Å². The van der Waals surface area contributed by atoms with Crippen LogP contribution in [0.5, 0.6) is 0 Å². The molecule has 1 aromatic rings. The van der Waals surface area contributed by atoms with Crippen molar-refractivity contribution in [3.8, 4) is 0 Å². The monoisotopic (exact) mass is 429 g/mol. The molecule has 2 fully saturated rings. The fourth-order valence-electron chi connectivity index (χ4n) is 5.07. The maximum atomic E-state index is 13.1. The van der Waals surface area contributed by atoms with Gasteiger partial charge >= 0.3 is 0 Å². The number of piperidine rings is 1. The van der Waals surface area contributed by atoms with Gasteiger partial charge in [0.25, 0.3) is 5.91 Å². The minimum absolute atomic E-state index is 0.00551. The smallest absolute Gasteiger partial charge is 0.274 e. The number of amides is 3. The number of carbonyl (C=O) groups excluding carboxylic acids is 3. The first-order valence-corrected chi connectivity index (χ1v) is 11.9. The number of rotatable bonds is 4. The number of hydrogen-bond acceptors (Lipinski definition) is 4. The Labute approximate surface area is 184 Å². The molecule has 3 amide bonds. The highest BCUT2D eigenvalue weighted by molar-refractivity contribution is 5.94. The van der Waals surface area contributed by atoms with Gasteiger partial charge in [0.05, 0.1) is 0 Å². The zero-order chi connectivity index (χ0) is 21.8. The second-order valence-corrected chi connectivity index (χ2v) is 9.11. The topological polar surface area (TPSA) is 78.8 Å². The Morgan fingerprint density at radius 3 is 1.94 bits per heavy atom. The number of hydrogen-bond donors (Lipinski definition) is 0. The van der Waals surface area contributed by atoms with E-state index in [1.165, 1.54) is 19.3 Å². The number of likely N-dealkylation sites (tertiary alicyclic amines) is 2. The van der Waals surface area contributed by atoms with Gasteiger partial charge in [0, 0.05) is 76.8 Å². The second kappa shape index (κ2) is 9.83. The van der Waals surface area contributed by atoms with E-state index in [9.17, 15) is 14.4 Å².